The van der Waals surface area contributed by atoms with Crippen LogP contribution in [-0.2, 0) is 16.1 Å². The van der Waals surface area contributed by atoms with E-state index in [4.69, 9.17) is 9.47 Å². The van der Waals surface area contributed by atoms with Gasteiger partial charge in [-0.15, -0.1) is 11.3 Å². The van der Waals surface area contributed by atoms with E-state index in [0.29, 0.717) is 22.8 Å². The van der Waals surface area contributed by atoms with E-state index in [1.165, 1.54) is 16.2 Å². The first kappa shape index (κ1) is 20.7. The van der Waals surface area contributed by atoms with E-state index in [2.05, 4.69) is 5.32 Å². The van der Waals surface area contributed by atoms with Gasteiger partial charge in [0, 0.05) is 10.9 Å². The van der Waals surface area contributed by atoms with Crippen LogP contribution in [0.5, 0.6) is 11.5 Å². The number of nitrogens with zero attached hydrogens (tertiary/aromatic N) is 1. The molecule has 1 aliphatic rings. The predicted molar refractivity (Wildman–Crippen MR) is 121 cm³/mol. The minimum atomic E-state index is -0.369. The first-order valence-corrected chi connectivity index (χ1v) is 10.6. The Kier molecular flexibility index (Phi) is 5.77. The highest BCUT2D eigenvalue weighted by Crippen LogP contribution is 2.36. The van der Waals surface area contributed by atoms with Gasteiger partial charge in [-0.25, -0.2) is 0 Å². The summed E-state index contributed by atoms with van der Waals surface area (Å²) in [4.78, 5) is 28.7. The van der Waals surface area contributed by atoms with Gasteiger partial charge in [-0.05, 0) is 36.1 Å². The summed E-state index contributed by atoms with van der Waals surface area (Å²) >= 11 is 1.42. The van der Waals surface area contributed by atoms with Crippen LogP contribution < -0.4 is 14.8 Å². The quantitative estimate of drug-likeness (QED) is 0.556. The van der Waals surface area contributed by atoms with Crippen molar-refractivity contribution in [1.29, 1.82) is 0 Å². The zero-order valence-corrected chi connectivity index (χ0v) is 18.3. The fourth-order valence-electron chi connectivity index (χ4n) is 3.40. The molecule has 0 saturated carbocycles. The fraction of sp³-hybridized carbons (Fsp3) is 0.167. The number of methoxy groups -OCH3 is 2. The van der Waals surface area contributed by atoms with Gasteiger partial charge in [0.05, 0.1) is 32.0 Å². The molecule has 6 nitrogen and oxygen atoms in total. The summed E-state index contributed by atoms with van der Waals surface area (Å²) < 4.78 is 10.7. The summed E-state index contributed by atoms with van der Waals surface area (Å²) in [6.07, 6.45) is 0. The van der Waals surface area contributed by atoms with Crippen LogP contribution in [0.15, 0.2) is 65.7 Å². The lowest BCUT2D eigenvalue weighted by molar-refractivity contribution is -0.137. The number of benzene rings is 2. The monoisotopic (exact) mass is 434 g/mol. The van der Waals surface area contributed by atoms with Gasteiger partial charge in [-0.2, -0.15) is 0 Å². The van der Waals surface area contributed by atoms with E-state index >= 15 is 0 Å². The number of anilines is 1. The molecule has 2 heterocycles. The summed E-state index contributed by atoms with van der Waals surface area (Å²) in [5.41, 5.74) is 3.19. The molecule has 2 aromatic carbocycles. The standard InChI is InChI=1S/C24H22N2O4S/c1-15-6-8-16(9-7-15)14-26-23(27)21(20-5-4-12-31-20)22(24(26)28)25-18-11-10-17(29-2)13-19(18)30-3/h4-13,25H,14H2,1-3H3. The van der Waals surface area contributed by atoms with Crippen LogP contribution in [0.4, 0.5) is 5.69 Å². The Morgan fingerprint density at radius 2 is 1.74 bits per heavy atom. The third-order valence-corrected chi connectivity index (χ3v) is 5.95. The van der Waals surface area contributed by atoms with Crippen LogP contribution >= 0.6 is 11.3 Å². The van der Waals surface area contributed by atoms with Crippen LogP contribution in [0.1, 0.15) is 16.0 Å². The normalized spacial score (nSPS) is 13.7. The summed E-state index contributed by atoms with van der Waals surface area (Å²) in [5.74, 6) is 0.453. The number of thiophene rings is 1. The molecule has 1 N–H and O–H groups in total. The Hall–Kier alpha value is -3.58. The molecule has 0 spiro atoms. The third-order valence-electron chi connectivity index (χ3n) is 5.07. The Morgan fingerprint density at radius 3 is 2.39 bits per heavy atom. The van der Waals surface area contributed by atoms with Crippen molar-refractivity contribution in [3.63, 3.8) is 0 Å². The van der Waals surface area contributed by atoms with Gasteiger partial charge in [-0.1, -0.05) is 35.9 Å². The van der Waals surface area contributed by atoms with E-state index in [-0.39, 0.29) is 24.1 Å². The second-order valence-corrected chi connectivity index (χ2v) is 8.05. The van der Waals surface area contributed by atoms with Crippen molar-refractivity contribution in [2.24, 2.45) is 0 Å². The summed E-state index contributed by atoms with van der Waals surface area (Å²) in [6.45, 7) is 2.20. The van der Waals surface area contributed by atoms with Gasteiger partial charge in [0.2, 0.25) is 0 Å². The van der Waals surface area contributed by atoms with Crippen LogP contribution in [-0.4, -0.2) is 30.9 Å². The highest BCUT2D eigenvalue weighted by atomic mass is 32.1. The van der Waals surface area contributed by atoms with Crippen molar-refractivity contribution in [3.8, 4) is 11.5 Å². The Bertz CT molecular complexity index is 1150. The van der Waals surface area contributed by atoms with Crippen molar-refractivity contribution in [2.75, 3.05) is 19.5 Å². The number of nitrogens with one attached hydrogen (secondary N) is 1. The van der Waals surface area contributed by atoms with Gasteiger partial charge in [0.1, 0.15) is 17.2 Å². The molecular formula is C24H22N2O4S. The van der Waals surface area contributed by atoms with Crippen molar-refractivity contribution >= 4 is 34.4 Å². The van der Waals surface area contributed by atoms with Gasteiger partial charge >= 0.3 is 0 Å². The fourth-order valence-corrected chi connectivity index (χ4v) is 4.17. The molecule has 1 aromatic heterocycles. The van der Waals surface area contributed by atoms with E-state index < -0.39 is 0 Å². The number of hydrogen-bond donors (Lipinski definition) is 1. The number of aryl methyl sites for hydroxylation is 1. The second kappa shape index (κ2) is 8.65. The number of ether oxygens (including phenoxy) is 2. The van der Waals surface area contributed by atoms with Crippen LogP contribution in [0.25, 0.3) is 5.57 Å². The first-order valence-electron chi connectivity index (χ1n) is 9.70. The summed E-state index contributed by atoms with van der Waals surface area (Å²) in [6, 6.07) is 16.7. The number of carbonyl (C=O) groups excluding carboxylic acids is 2. The molecule has 0 radical (unpaired) electrons. The molecule has 1 aliphatic heterocycles. The second-order valence-electron chi connectivity index (χ2n) is 7.10. The average molecular weight is 435 g/mol. The highest BCUT2D eigenvalue weighted by molar-refractivity contribution is 7.11. The molecule has 0 aliphatic carbocycles. The summed E-state index contributed by atoms with van der Waals surface area (Å²) in [5, 5.41) is 5.03. The predicted octanol–water partition coefficient (Wildman–Crippen LogP) is 4.47. The van der Waals surface area contributed by atoms with Crippen LogP contribution in [0, 0.1) is 6.92 Å². The molecule has 0 atom stereocenters. The lowest BCUT2D eigenvalue weighted by atomic mass is 10.1. The van der Waals surface area contributed by atoms with E-state index in [1.54, 1.807) is 32.4 Å². The van der Waals surface area contributed by atoms with Gasteiger partial charge < -0.3 is 14.8 Å². The number of amides is 2. The zero-order valence-electron chi connectivity index (χ0n) is 17.5. The van der Waals surface area contributed by atoms with Crippen molar-refractivity contribution in [1.82, 2.24) is 4.90 Å². The minimum absolute atomic E-state index is 0.206. The molecule has 0 unspecified atom stereocenters. The average Bonchev–Trinajstić information content (AvgIpc) is 3.38. The third kappa shape index (κ3) is 4.04. The number of carbonyl (C=O) groups is 2. The largest absolute Gasteiger partial charge is 0.497 e. The number of hydrogen-bond acceptors (Lipinski definition) is 6. The molecule has 7 heteroatoms. The Balaban J connectivity index is 1.71. The Morgan fingerprint density at radius 1 is 0.968 bits per heavy atom. The molecule has 2 amide bonds. The molecule has 0 bridgehead atoms. The van der Waals surface area contributed by atoms with E-state index in [0.717, 1.165) is 16.0 Å². The molecule has 3 aromatic rings. The molecule has 0 fully saturated rings. The molecule has 31 heavy (non-hydrogen) atoms. The zero-order chi connectivity index (χ0) is 22.0. The maximum Gasteiger partial charge on any atom is 0.278 e. The lowest BCUT2D eigenvalue weighted by Gasteiger charge is -2.16. The number of rotatable bonds is 7. The van der Waals surface area contributed by atoms with E-state index in [1.807, 2.05) is 48.7 Å². The molecule has 4 rings (SSSR count). The summed E-state index contributed by atoms with van der Waals surface area (Å²) in [7, 11) is 3.11. The van der Waals surface area contributed by atoms with Crippen LogP contribution in [0.3, 0.4) is 0 Å². The number of imide groups is 1. The highest BCUT2D eigenvalue weighted by Gasteiger charge is 2.39. The smallest absolute Gasteiger partial charge is 0.278 e. The van der Waals surface area contributed by atoms with Crippen molar-refractivity contribution < 1.29 is 19.1 Å². The van der Waals surface area contributed by atoms with Gasteiger partial charge in [0.25, 0.3) is 11.8 Å². The maximum atomic E-state index is 13.3. The minimum Gasteiger partial charge on any atom is -0.497 e. The van der Waals surface area contributed by atoms with E-state index in [9.17, 15) is 9.59 Å². The maximum absolute atomic E-state index is 13.3. The SMILES string of the molecule is COc1ccc(NC2=C(c3cccs3)C(=O)N(Cc3ccc(C)cc3)C2=O)c(OC)c1. The molecule has 0 saturated heterocycles. The molecule has 158 valence electrons. The van der Waals surface area contributed by atoms with Crippen LogP contribution in [0.2, 0.25) is 0 Å². The Labute approximate surface area is 184 Å². The van der Waals surface area contributed by atoms with Gasteiger partial charge in [0.15, 0.2) is 0 Å². The lowest BCUT2D eigenvalue weighted by Crippen LogP contribution is -2.32. The van der Waals surface area contributed by atoms with Crippen molar-refractivity contribution in [2.45, 2.75) is 13.5 Å². The topological polar surface area (TPSA) is 67.9 Å². The molecular weight excluding hydrogens is 412 g/mol. The van der Waals surface area contributed by atoms with Gasteiger partial charge in [-0.3, -0.25) is 14.5 Å². The van der Waals surface area contributed by atoms with Crippen molar-refractivity contribution in [3.05, 3.63) is 81.7 Å². The first-order chi connectivity index (χ1) is 15.0.